The summed E-state index contributed by atoms with van der Waals surface area (Å²) < 4.78 is 0. The summed E-state index contributed by atoms with van der Waals surface area (Å²) in [5.41, 5.74) is -0.0592. The number of hydrogen-bond acceptors (Lipinski definition) is 2. The quantitative estimate of drug-likeness (QED) is 0.762. The van der Waals surface area contributed by atoms with E-state index in [0.717, 1.165) is 25.3 Å². The molecule has 1 atom stereocenters. The second kappa shape index (κ2) is 5.73. The summed E-state index contributed by atoms with van der Waals surface area (Å²) in [6.45, 7) is 6.40. The Hall–Kier alpha value is -0.370. The average molecular weight is 251 g/mol. The fraction of sp³-hybridized carbons (Fsp3) is 0.938. The van der Waals surface area contributed by atoms with Crippen molar-refractivity contribution in [3.05, 3.63) is 0 Å². The van der Waals surface area contributed by atoms with Crippen LogP contribution >= 0.6 is 0 Å². The Morgan fingerprint density at radius 3 is 2.33 bits per heavy atom. The van der Waals surface area contributed by atoms with Crippen molar-refractivity contribution in [2.24, 2.45) is 17.3 Å². The SMILES string of the molecule is CN(CC1CCCCC1)CC1CCC(C)(C)C1=O. The maximum atomic E-state index is 12.2. The molecule has 0 N–H and O–H groups in total. The molecule has 104 valence electrons. The fourth-order valence-corrected chi connectivity index (χ4v) is 3.78. The zero-order valence-corrected chi connectivity index (χ0v) is 12.4. The Labute approximate surface area is 112 Å². The van der Waals surface area contributed by atoms with Crippen LogP contribution in [0.3, 0.4) is 0 Å². The van der Waals surface area contributed by atoms with Gasteiger partial charge in [-0.15, -0.1) is 0 Å². The van der Waals surface area contributed by atoms with Gasteiger partial charge in [0.2, 0.25) is 0 Å². The van der Waals surface area contributed by atoms with Gasteiger partial charge < -0.3 is 4.90 Å². The molecule has 2 fully saturated rings. The van der Waals surface area contributed by atoms with Gasteiger partial charge in [0.05, 0.1) is 0 Å². The third kappa shape index (κ3) is 3.34. The van der Waals surface area contributed by atoms with Crippen LogP contribution in [0.25, 0.3) is 0 Å². The highest BCUT2D eigenvalue weighted by Crippen LogP contribution is 2.37. The second-order valence-corrected chi connectivity index (χ2v) is 7.21. The fourth-order valence-electron chi connectivity index (χ4n) is 3.78. The molecule has 2 aliphatic carbocycles. The number of hydrogen-bond donors (Lipinski definition) is 0. The van der Waals surface area contributed by atoms with Gasteiger partial charge in [-0.25, -0.2) is 0 Å². The summed E-state index contributed by atoms with van der Waals surface area (Å²) in [7, 11) is 2.20. The van der Waals surface area contributed by atoms with Gasteiger partial charge in [-0.3, -0.25) is 4.79 Å². The lowest BCUT2D eigenvalue weighted by atomic mass is 9.88. The van der Waals surface area contributed by atoms with Crippen molar-refractivity contribution in [2.45, 2.75) is 58.8 Å². The van der Waals surface area contributed by atoms with E-state index in [9.17, 15) is 4.79 Å². The highest BCUT2D eigenvalue weighted by atomic mass is 16.1. The number of carbonyl (C=O) groups is 1. The van der Waals surface area contributed by atoms with Gasteiger partial charge in [-0.2, -0.15) is 0 Å². The molecule has 2 rings (SSSR count). The summed E-state index contributed by atoms with van der Waals surface area (Å²) in [4.78, 5) is 14.6. The van der Waals surface area contributed by atoms with Crippen molar-refractivity contribution >= 4 is 5.78 Å². The third-order valence-electron chi connectivity index (χ3n) is 4.98. The lowest BCUT2D eigenvalue weighted by molar-refractivity contribution is -0.127. The first-order chi connectivity index (χ1) is 8.49. The minimum absolute atomic E-state index is 0.0592. The molecular weight excluding hydrogens is 222 g/mol. The first-order valence-electron chi connectivity index (χ1n) is 7.72. The van der Waals surface area contributed by atoms with Gasteiger partial charge in [0.15, 0.2) is 0 Å². The highest BCUT2D eigenvalue weighted by Gasteiger charge is 2.40. The molecule has 2 saturated carbocycles. The summed E-state index contributed by atoms with van der Waals surface area (Å²) in [6.07, 6.45) is 9.22. The van der Waals surface area contributed by atoms with Crippen molar-refractivity contribution in [2.75, 3.05) is 20.1 Å². The Morgan fingerprint density at radius 2 is 1.78 bits per heavy atom. The van der Waals surface area contributed by atoms with Crippen molar-refractivity contribution in [3.63, 3.8) is 0 Å². The predicted molar refractivity (Wildman–Crippen MR) is 75.6 cm³/mol. The first kappa shape index (κ1) is 14.0. The molecule has 0 aromatic heterocycles. The van der Waals surface area contributed by atoms with Crippen LogP contribution in [-0.2, 0) is 4.79 Å². The van der Waals surface area contributed by atoms with Crippen LogP contribution in [0.4, 0.5) is 0 Å². The van der Waals surface area contributed by atoms with E-state index in [2.05, 4.69) is 25.8 Å². The van der Waals surface area contributed by atoms with Crippen LogP contribution in [0, 0.1) is 17.3 Å². The lowest BCUT2D eigenvalue weighted by Crippen LogP contribution is -2.34. The van der Waals surface area contributed by atoms with E-state index in [0.29, 0.717) is 11.7 Å². The van der Waals surface area contributed by atoms with E-state index in [-0.39, 0.29) is 5.41 Å². The van der Waals surface area contributed by atoms with Crippen molar-refractivity contribution in [3.8, 4) is 0 Å². The Bertz CT molecular complexity index is 291. The average Bonchev–Trinajstić information content (AvgIpc) is 2.57. The Kier molecular flexibility index (Phi) is 4.47. The number of ketones is 1. The van der Waals surface area contributed by atoms with Gasteiger partial charge in [-0.1, -0.05) is 33.1 Å². The molecule has 0 saturated heterocycles. The van der Waals surface area contributed by atoms with Crippen molar-refractivity contribution in [1.29, 1.82) is 0 Å². The van der Waals surface area contributed by atoms with E-state index in [1.807, 2.05) is 0 Å². The molecule has 1 unspecified atom stereocenters. The van der Waals surface area contributed by atoms with Gasteiger partial charge in [-0.05, 0) is 38.6 Å². The maximum absolute atomic E-state index is 12.2. The number of nitrogens with zero attached hydrogens (tertiary/aromatic N) is 1. The molecule has 0 heterocycles. The van der Waals surface area contributed by atoms with Crippen LogP contribution in [0.2, 0.25) is 0 Å². The smallest absolute Gasteiger partial charge is 0.142 e. The molecule has 18 heavy (non-hydrogen) atoms. The second-order valence-electron chi connectivity index (χ2n) is 7.21. The van der Waals surface area contributed by atoms with E-state index < -0.39 is 0 Å². The molecule has 0 spiro atoms. The summed E-state index contributed by atoms with van der Waals surface area (Å²) in [6, 6.07) is 0. The minimum Gasteiger partial charge on any atom is -0.305 e. The Balaban J connectivity index is 1.77. The number of rotatable bonds is 4. The molecule has 0 aliphatic heterocycles. The van der Waals surface area contributed by atoms with Crippen LogP contribution in [0.1, 0.15) is 58.8 Å². The zero-order valence-electron chi connectivity index (χ0n) is 12.4. The molecule has 0 aromatic carbocycles. The number of carbonyl (C=O) groups excluding carboxylic acids is 1. The first-order valence-corrected chi connectivity index (χ1v) is 7.72. The minimum atomic E-state index is -0.0592. The summed E-state index contributed by atoms with van der Waals surface area (Å²) in [5.74, 6) is 1.68. The number of Topliss-reactive ketones (excluding diaryl/α,β-unsaturated/α-hetero) is 1. The largest absolute Gasteiger partial charge is 0.305 e. The van der Waals surface area contributed by atoms with E-state index in [1.165, 1.54) is 38.6 Å². The van der Waals surface area contributed by atoms with Crippen LogP contribution in [0.5, 0.6) is 0 Å². The Morgan fingerprint density at radius 1 is 1.11 bits per heavy atom. The highest BCUT2D eigenvalue weighted by molar-refractivity contribution is 5.88. The normalized spacial score (nSPS) is 29.1. The lowest BCUT2D eigenvalue weighted by Gasteiger charge is -2.28. The molecule has 2 heteroatoms. The molecule has 0 radical (unpaired) electrons. The maximum Gasteiger partial charge on any atom is 0.142 e. The van der Waals surface area contributed by atoms with Crippen LogP contribution < -0.4 is 0 Å². The molecular formula is C16H29NO. The molecule has 0 bridgehead atoms. The van der Waals surface area contributed by atoms with Crippen molar-refractivity contribution < 1.29 is 4.79 Å². The predicted octanol–water partition coefficient (Wildman–Crippen LogP) is 3.50. The summed E-state index contributed by atoms with van der Waals surface area (Å²) >= 11 is 0. The van der Waals surface area contributed by atoms with E-state index in [1.54, 1.807) is 0 Å². The third-order valence-corrected chi connectivity index (χ3v) is 4.98. The monoisotopic (exact) mass is 251 g/mol. The molecule has 2 nitrogen and oxygen atoms in total. The zero-order chi connectivity index (χ0) is 13.2. The van der Waals surface area contributed by atoms with Crippen LogP contribution in [0.15, 0.2) is 0 Å². The summed E-state index contributed by atoms with van der Waals surface area (Å²) in [5, 5.41) is 0. The molecule has 2 aliphatic rings. The molecule has 0 aromatic rings. The van der Waals surface area contributed by atoms with Gasteiger partial charge in [0, 0.05) is 24.4 Å². The molecule has 0 amide bonds. The standard InChI is InChI=1S/C16H29NO/c1-16(2)10-9-14(15(16)18)12-17(3)11-13-7-5-4-6-8-13/h13-14H,4-12H2,1-3H3. The topological polar surface area (TPSA) is 20.3 Å². The van der Waals surface area contributed by atoms with E-state index >= 15 is 0 Å². The van der Waals surface area contributed by atoms with Crippen LogP contribution in [-0.4, -0.2) is 30.8 Å². The van der Waals surface area contributed by atoms with Gasteiger partial charge >= 0.3 is 0 Å². The van der Waals surface area contributed by atoms with Crippen molar-refractivity contribution in [1.82, 2.24) is 4.90 Å². The van der Waals surface area contributed by atoms with Gasteiger partial charge in [0.25, 0.3) is 0 Å². The van der Waals surface area contributed by atoms with Gasteiger partial charge in [0.1, 0.15) is 5.78 Å². The van der Waals surface area contributed by atoms with E-state index in [4.69, 9.17) is 0 Å².